The van der Waals surface area contributed by atoms with Crippen LogP contribution < -0.4 is 4.74 Å². The summed E-state index contributed by atoms with van der Waals surface area (Å²) in [4.78, 5) is 19.2. The molecule has 0 saturated carbocycles. The van der Waals surface area contributed by atoms with Gasteiger partial charge >= 0.3 is 0 Å². The van der Waals surface area contributed by atoms with Gasteiger partial charge in [0.05, 0.1) is 7.11 Å². The van der Waals surface area contributed by atoms with E-state index in [4.69, 9.17) is 4.74 Å². The first-order valence-corrected chi connectivity index (χ1v) is 9.93. The van der Waals surface area contributed by atoms with Crippen molar-refractivity contribution >= 4 is 5.91 Å². The van der Waals surface area contributed by atoms with Gasteiger partial charge in [-0.15, -0.1) is 0 Å². The molecule has 0 radical (unpaired) electrons. The summed E-state index contributed by atoms with van der Waals surface area (Å²) in [6.45, 7) is 11.7. The van der Waals surface area contributed by atoms with Crippen LogP contribution in [-0.4, -0.2) is 73.0 Å². The van der Waals surface area contributed by atoms with E-state index in [2.05, 4.69) is 40.7 Å². The predicted molar refractivity (Wildman–Crippen MR) is 104 cm³/mol. The molecule has 5 nitrogen and oxygen atoms in total. The summed E-state index contributed by atoms with van der Waals surface area (Å²) in [6, 6.07) is 8.62. The third-order valence-electron chi connectivity index (χ3n) is 5.73. The number of nitrogens with zero attached hydrogens (tertiary/aromatic N) is 3. The summed E-state index contributed by atoms with van der Waals surface area (Å²) in [6.07, 6.45) is 1.76. The van der Waals surface area contributed by atoms with Gasteiger partial charge in [0.2, 0.25) is 5.91 Å². The van der Waals surface area contributed by atoms with Gasteiger partial charge in [0, 0.05) is 63.8 Å². The number of para-hydroxylation sites is 1. The van der Waals surface area contributed by atoms with Gasteiger partial charge in [-0.25, -0.2) is 0 Å². The zero-order valence-electron chi connectivity index (χ0n) is 16.5. The van der Waals surface area contributed by atoms with Crippen LogP contribution in [0.5, 0.6) is 5.75 Å². The molecule has 2 heterocycles. The van der Waals surface area contributed by atoms with Crippen LogP contribution in [0.25, 0.3) is 0 Å². The number of carbonyl (C=O) groups excluding carboxylic acids is 1. The molecular weight excluding hydrogens is 326 g/mol. The number of ether oxygens (including phenoxy) is 1. The minimum Gasteiger partial charge on any atom is -0.496 e. The highest BCUT2D eigenvalue weighted by molar-refractivity contribution is 5.77. The van der Waals surface area contributed by atoms with Crippen LogP contribution in [0.1, 0.15) is 32.3 Å². The Labute approximate surface area is 157 Å². The molecule has 1 atom stereocenters. The Hall–Kier alpha value is -1.59. The van der Waals surface area contributed by atoms with Crippen LogP contribution in [0.15, 0.2) is 24.3 Å². The Morgan fingerprint density at radius 3 is 2.50 bits per heavy atom. The topological polar surface area (TPSA) is 36.0 Å². The summed E-state index contributed by atoms with van der Waals surface area (Å²) < 4.78 is 5.48. The van der Waals surface area contributed by atoms with Crippen LogP contribution in [-0.2, 0) is 11.3 Å². The number of carbonyl (C=O) groups is 1. The van der Waals surface area contributed by atoms with Gasteiger partial charge in [0.15, 0.2) is 0 Å². The van der Waals surface area contributed by atoms with E-state index in [-0.39, 0.29) is 0 Å². The monoisotopic (exact) mass is 359 g/mol. The van der Waals surface area contributed by atoms with Crippen molar-refractivity contribution in [3.8, 4) is 5.75 Å². The Balaban J connectivity index is 1.46. The molecule has 1 aromatic carbocycles. The van der Waals surface area contributed by atoms with E-state index in [9.17, 15) is 4.79 Å². The fourth-order valence-corrected chi connectivity index (χ4v) is 4.16. The molecule has 0 spiro atoms. The molecule has 2 aliphatic heterocycles. The summed E-state index contributed by atoms with van der Waals surface area (Å²) in [5.41, 5.74) is 1.27. The third-order valence-corrected chi connectivity index (χ3v) is 5.73. The highest BCUT2D eigenvalue weighted by Crippen LogP contribution is 2.23. The second-order valence-corrected chi connectivity index (χ2v) is 7.93. The van der Waals surface area contributed by atoms with E-state index in [1.165, 1.54) is 5.56 Å². The van der Waals surface area contributed by atoms with Crippen molar-refractivity contribution in [2.45, 2.75) is 39.3 Å². The van der Waals surface area contributed by atoms with Gasteiger partial charge in [-0.2, -0.15) is 0 Å². The van der Waals surface area contributed by atoms with E-state index in [1.54, 1.807) is 7.11 Å². The second kappa shape index (κ2) is 8.87. The SMILES string of the molecule is COc1ccccc1CN1CCN(CC2CCC(=O)N(C(C)C)C2)CC1. The smallest absolute Gasteiger partial charge is 0.222 e. The van der Waals surface area contributed by atoms with Gasteiger partial charge in [0.25, 0.3) is 0 Å². The molecule has 3 rings (SSSR count). The first kappa shape index (κ1) is 19.2. The molecule has 2 fully saturated rings. The summed E-state index contributed by atoms with van der Waals surface area (Å²) in [7, 11) is 1.74. The molecule has 144 valence electrons. The Bertz CT molecular complexity index is 597. The number of benzene rings is 1. The van der Waals surface area contributed by atoms with Gasteiger partial charge < -0.3 is 14.5 Å². The van der Waals surface area contributed by atoms with E-state index in [1.807, 2.05) is 12.1 Å². The third kappa shape index (κ3) is 4.77. The Morgan fingerprint density at radius 1 is 1.12 bits per heavy atom. The molecule has 0 aromatic heterocycles. The maximum atomic E-state index is 12.0. The van der Waals surface area contributed by atoms with Crippen molar-refractivity contribution in [2.75, 3.05) is 46.4 Å². The highest BCUT2D eigenvalue weighted by atomic mass is 16.5. The van der Waals surface area contributed by atoms with Crippen molar-refractivity contribution in [1.29, 1.82) is 0 Å². The maximum Gasteiger partial charge on any atom is 0.222 e. The van der Waals surface area contributed by atoms with Crippen LogP contribution in [0.4, 0.5) is 0 Å². The average Bonchev–Trinajstić information content (AvgIpc) is 2.65. The Morgan fingerprint density at radius 2 is 1.81 bits per heavy atom. The number of piperazine rings is 1. The van der Waals surface area contributed by atoms with Gasteiger partial charge in [-0.1, -0.05) is 18.2 Å². The van der Waals surface area contributed by atoms with Gasteiger partial charge in [-0.05, 0) is 32.3 Å². The summed E-state index contributed by atoms with van der Waals surface area (Å²) in [5.74, 6) is 1.93. The normalized spacial score (nSPS) is 22.8. The van der Waals surface area contributed by atoms with Crippen molar-refractivity contribution in [1.82, 2.24) is 14.7 Å². The number of rotatable bonds is 6. The zero-order chi connectivity index (χ0) is 18.5. The lowest BCUT2D eigenvalue weighted by Gasteiger charge is -2.40. The van der Waals surface area contributed by atoms with Crippen LogP contribution >= 0.6 is 0 Å². The summed E-state index contributed by atoms with van der Waals surface area (Å²) in [5, 5.41) is 0. The quantitative estimate of drug-likeness (QED) is 0.782. The minimum absolute atomic E-state index is 0.322. The fraction of sp³-hybridized carbons (Fsp3) is 0.667. The second-order valence-electron chi connectivity index (χ2n) is 7.93. The van der Waals surface area contributed by atoms with E-state index in [0.29, 0.717) is 17.9 Å². The number of hydrogen-bond acceptors (Lipinski definition) is 4. The molecule has 2 saturated heterocycles. The molecule has 0 bridgehead atoms. The molecule has 5 heteroatoms. The first-order valence-electron chi connectivity index (χ1n) is 9.93. The average molecular weight is 360 g/mol. The van der Waals surface area contributed by atoms with Crippen LogP contribution in [0.3, 0.4) is 0 Å². The standard InChI is InChI=1S/C21H33N3O2/c1-17(2)24-15-18(8-9-21(24)25)14-22-10-12-23(13-11-22)16-19-6-4-5-7-20(19)26-3/h4-7,17-18H,8-16H2,1-3H3. The molecule has 1 amide bonds. The zero-order valence-corrected chi connectivity index (χ0v) is 16.5. The molecule has 0 N–H and O–H groups in total. The van der Waals surface area contributed by atoms with E-state index < -0.39 is 0 Å². The van der Waals surface area contributed by atoms with E-state index in [0.717, 1.165) is 64.4 Å². The molecule has 1 aromatic rings. The maximum absolute atomic E-state index is 12.0. The number of hydrogen-bond donors (Lipinski definition) is 0. The molecular formula is C21H33N3O2. The number of amides is 1. The lowest BCUT2D eigenvalue weighted by molar-refractivity contribution is -0.137. The van der Waals surface area contributed by atoms with Crippen molar-refractivity contribution in [2.24, 2.45) is 5.92 Å². The first-order chi connectivity index (χ1) is 12.6. The van der Waals surface area contributed by atoms with Gasteiger partial charge in [-0.3, -0.25) is 9.69 Å². The van der Waals surface area contributed by atoms with Crippen molar-refractivity contribution < 1.29 is 9.53 Å². The molecule has 0 aliphatic carbocycles. The van der Waals surface area contributed by atoms with Crippen molar-refractivity contribution in [3.05, 3.63) is 29.8 Å². The van der Waals surface area contributed by atoms with E-state index >= 15 is 0 Å². The highest BCUT2D eigenvalue weighted by Gasteiger charge is 2.29. The minimum atomic E-state index is 0.322. The van der Waals surface area contributed by atoms with Crippen LogP contribution in [0, 0.1) is 5.92 Å². The number of likely N-dealkylation sites (tertiary alicyclic amines) is 1. The number of piperidine rings is 1. The molecule has 26 heavy (non-hydrogen) atoms. The lowest BCUT2D eigenvalue weighted by atomic mass is 9.95. The van der Waals surface area contributed by atoms with Crippen molar-refractivity contribution in [3.63, 3.8) is 0 Å². The fourth-order valence-electron chi connectivity index (χ4n) is 4.16. The largest absolute Gasteiger partial charge is 0.496 e. The molecule has 1 unspecified atom stereocenters. The Kier molecular flexibility index (Phi) is 6.54. The summed E-state index contributed by atoms with van der Waals surface area (Å²) >= 11 is 0. The number of methoxy groups -OCH3 is 1. The lowest BCUT2D eigenvalue weighted by Crippen LogP contribution is -2.51. The molecule has 2 aliphatic rings. The predicted octanol–water partition coefficient (Wildman–Crippen LogP) is 2.46. The van der Waals surface area contributed by atoms with Crippen LogP contribution in [0.2, 0.25) is 0 Å². The van der Waals surface area contributed by atoms with Gasteiger partial charge in [0.1, 0.15) is 5.75 Å².